The minimum atomic E-state index is -4.97. The molecule has 586 valence electrons. The minimum absolute atomic E-state index is 0.0826. The highest BCUT2D eigenvalue weighted by Crippen LogP contribution is 2.45. The Labute approximate surface area is 610 Å². The van der Waals surface area contributed by atoms with Crippen LogP contribution in [0.3, 0.4) is 0 Å². The highest BCUT2D eigenvalue weighted by molar-refractivity contribution is 7.47. The molecule has 0 aliphatic carbocycles. The Morgan fingerprint density at radius 2 is 0.540 bits per heavy atom. The minimum Gasteiger partial charge on any atom is -0.462 e. The lowest BCUT2D eigenvalue weighted by Crippen LogP contribution is -2.30. The van der Waals surface area contributed by atoms with Gasteiger partial charge in [0.15, 0.2) is 12.2 Å². The Balaban J connectivity index is 5.33. The van der Waals surface area contributed by atoms with E-state index in [-0.39, 0.29) is 25.7 Å². The van der Waals surface area contributed by atoms with Crippen molar-refractivity contribution in [1.29, 1.82) is 0 Å². The van der Waals surface area contributed by atoms with Crippen molar-refractivity contribution in [3.8, 4) is 0 Å². The molecule has 5 atom stereocenters. The maximum absolute atomic E-state index is 13.1. The first-order valence-electron chi connectivity index (χ1n) is 40.8. The molecule has 0 aromatic heterocycles. The van der Waals surface area contributed by atoms with Gasteiger partial charge in [-0.05, 0) is 83.0 Å². The van der Waals surface area contributed by atoms with Gasteiger partial charge in [0.05, 0.1) is 26.4 Å². The number of allylic oxidation sites excluding steroid dienone is 8. The van der Waals surface area contributed by atoms with E-state index < -0.39 is 97.5 Å². The number of aliphatic hydroxyl groups is 1. The molecule has 19 heteroatoms. The first-order valence-corrected chi connectivity index (χ1v) is 43.8. The number of esters is 4. The van der Waals surface area contributed by atoms with Crippen LogP contribution in [0.1, 0.15) is 381 Å². The normalized spacial score (nSPS) is 14.2. The molecule has 3 N–H and O–H groups in total. The van der Waals surface area contributed by atoms with Gasteiger partial charge in [0, 0.05) is 25.7 Å². The summed E-state index contributed by atoms with van der Waals surface area (Å²) in [6, 6.07) is 0. The van der Waals surface area contributed by atoms with Gasteiger partial charge in [-0.25, -0.2) is 9.13 Å². The number of carbonyl (C=O) groups excluding carboxylic acids is 4. The molecule has 0 aliphatic heterocycles. The van der Waals surface area contributed by atoms with Crippen molar-refractivity contribution < 1.29 is 80.2 Å². The van der Waals surface area contributed by atoms with Crippen molar-refractivity contribution in [3.05, 3.63) is 48.6 Å². The number of hydrogen-bond acceptors (Lipinski definition) is 15. The predicted molar refractivity (Wildman–Crippen MR) is 409 cm³/mol. The summed E-state index contributed by atoms with van der Waals surface area (Å²) in [5.74, 6) is -1.43. The maximum Gasteiger partial charge on any atom is 0.472 e. The van der Waals surface area contributed by atoms with Gasteiger partial charge in [-0.2, -0.15) is 0 Å². The van der Waals surface area contributed by atoms with Gasteiger partial charge in [0.2, 0.25) is 0 Å². The average molecular weight is 1460 g/mol. The van der Waals surface area contributed by atoms with Crippen LogP contribution in [0.4, 0.5) is 0 Å². The molecular weight excluding hydrogens is 1310 g/mol. The summed E-state index contributed by atoms with van der Waals surface area (Å²) in [5.41, 5.74) is 0. The average Bonchev–Trinajstić information content (AvgIpc) is 0.971. The predicted octanol–water partition coefficient (Wildman–Crippen LogP) is 23.5. The fourth-order valence-electron chi connectivity index (χ4n) is 11.5. The van der Waals surface area contributed by atoms with E-state index in [0.717, 1.165) is 128 Å². The van der Waals surface area contributed by atoms with Gasteiger partial charge >= 0.3 is 39.5 Å². The third-order valence-corrected chi connectivity index (χ3v) is 19.7. The summed E-state index contributed by atoms with van der Waals surface area (Å²) in [7, 11) is -9.94. The Morgan fingerprint density at radius 1 is 0.310 bits per heavy atom. The maximum atomic E-state index is 13.1. The van der Waals surface area contributed by atoms with Crippen LogP contribution < -0.4 is 0 Å². The summed E-state index contributed by atoms with van der Waals surface area (Å²) < 4.78 is 68.6. The van der Waals surface area contributed by atoms with Crippen molar-refractivity contribution in [2.45, 2.75) is 400 Å². The standard InChI is InChI=1S/C81H150O17P2/c1-6-9-12-15-18-21-24-27-30-31-32-35-38-41-46-52-57-62-67-81(86)97-76(70-91-78(83)64-59-54-49-44-39-36-33-28-25-22-19-16-13-10-7-2)72-95-99(87,88)93-68-75(82)69-94-100(89,90)96-73-77(71-92-79(84)65-60-55-50-47-42-43-48-53-58-63-74(4)5)98-80(85)66-61-56-51-45-40-37-34-29-26-23-20-17-14-11-8-3/h22-23,25-26,28-29,33-34,74-77,82H,6-21,24,27,30-32,35-73H2,1-5H3,(H,87,88)(H,89,90)/b25-22-,26-23-,33-28-,34-29-/t75-,76-,77-/m1/s1. The number of aliphatic hydroxyl groups excluding tert-OH is 1. The number of rotatable bonds is 77. The quantitative estimate of drug-likeness (QED) is 0.0169. The molecule has 0 aliphatic rings. The monoisotopic (exact) mass is 1460 g/mol. The van der Waals surface area contributed by atoms with Crippen LogP contribution in [0, 0.1) is 5.92 Å². The highest BCUT2D eigenvalue weighted by atomic mass is 31.2. The molecule has 100 heavy (non-hydrogen) atoms. The molecule has 0 heterocycles. The van der Waals surface area contributed by atoms with Gasteiger partial charge in [-0.15, -0.1) is 0 Å². The lowest BCUT2D eigenvalue weighted by Gasteiger charge is -2.21. The topological polar surface area (TPSA) is 237 Å². The van der Waals surface area contributed by atoms with Gasteiger partial charge < -0.3 is 33.8 Å². The SMILES string of the molecule is CCCCCC/C=C\C=C/CCCCCCCC(=O)OC[C@H](COP(=O)(O)OC[C@@H](O)COP(=O)(O)OC[C@@H](COC(=O)CCCCCCCCCCCC(C)C)OC(=O)CCCCCCC/C=C\C=C/CCCCCC)OC(=O)CCCCCCCCCCCCCCCCCCCC. The van der Waals surface area contributed by atoms with Crippen molar-refractivity contribution in [1.82, 2.24) is 0 Å². The van der Waals surface area contributed by atoms with Crippen molar-refractivity contribution >= 4 is 39.5 Å². The Kier molecular flexibility index (Phi) is 70.8. The first kappa shape index (κ1) is 97.0. The zero-order valence-electron chi connectivity index (χ0n) is 64.3. The molecule has 0 amide bonds. The second kappa shape index (κ2) is 72.9. The summed E-state index contributed by atoms with van der Waals surface area (Å²) in [6.45, 7) is 7.17. The van der Waals surface area contributed by atoms with E-state index in [0.29, 0.717) is 25.7 Å². The van der Waals surface area contributed by atoms with Gasteiger partial charge in [0.1, 0.15) is 19.3 Å². The number of phosphoric acid groups is 2. The van der Waals surface area contributed by atoms with Gasteiger partial charge in [0.25, 0.3) is 0 Å². The molecule has 0 saturated heterocycles. The molecule has 0 bridgehead atoms. The van der Waals surface area contributed by atoms with Crippen LogP contribution in [0.5, 0.6) is 0 Å². The molecule has 0 fully saturated rings. The fraction of sp³-hybridized carbons (Fsp3) is 0.852. The summed E-state index contributed by atoms with van der Waals surface area (Å²) >= 11 is 0. The molecule has 0 aromatic rings. The van der Waals surface area contributed by atoms with E-state index in [2.05, 4.69) is 83.2 Å². The fourth-order valence-corrected chi connectivity index (χ4v) is 13.1. The largest absolute Gasteiger partial charge is 0.472 e. The number of ether oxygens (including phenoxy) is 4. The summed E-state index contributed by atoms with van der Waals surface area (Å²) in [6.07, 6.45) is 69.6. The first-order chi connectivity index (χ1) is 48.5. The molecule has 0 aromatic carbocycles. The molecule has 0 rings (SSSR count). The van der Waals surface area contributed by atoms with Crippen LogP contribution in [-0.2, 0) is 65.4 Å². The summed E-state index contributed by atoms with van der Waals surface area (Å²) in [5, 5.41) is 10.6. The third-order valence-electron chi connectivity index (χ3n) is 17.8. The van der Waals surface area contributed by atoms with Gasteiger partial charge in [-0.3, -0.25) is 37.3 Å². The molecule has 0 spiro atoms. The number of hydrogen-bond donors (Lipinski definition) is 3. The molecule has 2 unspecified atom stereocenters. The second-order valence-electron chi connectivity index (χ2n) is 28.3. The van der Waals surface area contributed by atoms with E-state index in [4.69, 9.17) is 37.0 Å². The molecule has 0 saturated carbocycles. The van der Waals surface area contributed by atoms with Crippen LogP contribution in [0.25, 0.3) is 0 Å². The lowest BCUT2D eigenvalue weighted by atomic mass is 10.0. The molecule has 0 radical (unpaired) electrons. The smallest absolute Gasteiger partial charge is 0.462 e. The van der Waals surface area contributed by atoms with Gasteiger partial charge in [-0.1, -0.05) is 327 Å². The van der Waals surface area contributed by atoms with E-state index in [1.807, 2.05) is 0 Å². The van der Waals surface area contributed by atoms with Crippen molar-refractivity contribution in [2.24, 2.45) is 5.92 Å². The Bertz CT molecular complexity index is 2100. The Morgan fingerprint density at radius 3 is 0.820 bits per heavy atom. The van der Waals surface area contributed by atoms with Crippen LogP contribution in [0.15, 0.2) is 48.6 Å². The summed E-state index contributed by atoms with van der Waals surface area (Å²) in [4.78, 5) is 73.0. The molecular formula is C81H150O17P2. The van der Waals surface area contributed by atoms with E-state index in [9.17, 15) is 43.2 Å². The van der Waals surface area contributed by atoms with Crippen molar-refractivity contribution in [3.63, 3.8) is 0 Å². The molecule has 17 nitrogen and oxygen atoms in total. The number of phosphoric ester groups is 2. The van der Waals surface area contributed by atoms with Crippen LogP contribution >= 0.6 is 15.6 Å². The van der Waals surface area contributed by atoms with E-state index >= 15 is 0 Å². The Hall–Kier alpha value is -2.98. The van der Waals surface area contributed by atoms with E-state index in [1.165, 1.54) is 173 Å². The van der Waals surface area contributed by atoms with Crippen LogP contribution in [0.2, 0.25) is 0 Å². The lowest BCUT2D eigenvalue weighted by molar-refractivity contribution is -0.161. The zero-order chi connectivity index (χ0) is 73.4. The highest BCUT2D eigenvalue weighted by Gasteiger charge is 2.30. The third kappa shape index (κ3) is 73.3. The van der Waals surface area contributed by atoms with Crippen molar-refractivity contribution in [2.75, 3.05) is 39.6 Å². The zero-order valence-corrected chi connectivity index (χ0v) is 66.1. The number of carbonyl (C=O) groups is 4. The van der Waals surface area contributed by atoms with E-state index in [1.54, 1.807) is 0 Å². The second-order valence-corrected chi connectivity index (χ2v) is 31.2. The number of unbranched alkanes of at least 4 members (excludes halogenated alkanes) is 43. The van der Waals surface area contributed by atoms with Crippen LogP contribution in [-0.4, -0.2) is 96.7 Å².